The van der Waals surface area contributed by atoms with Crippen molar-refractivity contribution < 1.29 is 14.7 Å². The Bertz CT molecular complexity index is 478. The summed E-state index contributed by atoms with van der Waals surface area (Å²) in [6.07, 6.45) is 2.74. The average molecular weight is 284 g/mol. The quantitative estimate of drug-likeness (QED) is 0.870. The first-order valence-corrected chi connectivity index (χ1v) is 6.34. The first-order valence-electron chi connectivity index (χ1n) is 5.96. The van der Waals surface area contributed by atoms with E-state index in [0.717, 1.165) is 0 Å². The van der Waals surface area contributed by atoms with Gasteiger partial charge in [-0.2, -0.15) is 0 Å². The van der Waals surface area contributed by atoms with E-state index < -0.39 is 11.9 Å². The summed E-state index contributed by atoms with van der Waals surface area (Å²) in [5.41, 5.74) is 0. The molecule has 0 saturated carbocycles. The highest BCUT2D eigenvalue weighted by molar-refractivity contribution is 6.30. The van der Waals surface area contributed by atoms with E-state index >= 15 is 0 Å². The lowest BCUT2D eigenvalue weighted by Crippen LogP contribution is -2.44. The number of likely N-dealkylation sites (tertiary alicyclic amines) is 1. The lowest BCUT2D eigenvalue weighted by atomic mass is 9.99. The number of carboxylic acids is 1. The molecule has 102 valence electrons. The molecule has 1 aromatic rings. The number of urea groups is 1. The maximum atomic E-state index is 12.0. The maximum absolute atomic E-state index is 12.0. The number of pyridine rings is 1. The molecule has 1 aromatic heterocycles. The second-order valence-corrected chi connectivity index (χ2v) is 4.85. The normalized spacial score (nSPS) is 19.0. The van der Waals surface area contributed by atoms with Crippen molar-refractivity contribution in [1.29, 1.82) is 0 Å². The summed E-state index contributed by atoms with van der Waals surface area (Å²) in [6.45, 7) is 0.790. The van der Waals surface area contributed by atoms with Crippen LogP contribution in [-0.4, -0.2) is 40.1 Å². The molecule has 1 aliphatic heterocycles. The Labute approximate surface area is 115 Å². The third-order valence-corrected chi connectivity index (χ3v) is 3.24. The van der Waals surface area contributed by atoms with Crippen molar-refractivity contribution in [2.45, 2.75) is 12.8 Å². The number of carboxylic acid groups (broad SMARTS) is 1. The van der Waals surface area contributed by atoms with Gasteiger partial charge in [-0.05, 0) is 25.0 Å². The SMILES string of the molecule is O=C(O)C1CCCN(C(=O)Nc2ccc(Cl)cn2)C1. The van der Waals surface area contributed by atoms with Crippen LogP contribution in [0.1, 0.15) is 12.8 Å². The van der Waals surface area contributed by atoms with Crippen LogP contribution in [-0.2, 0) is 4.79 Å². The van der Waals surface area contributed by atoms with Crippen molar-refractivity contribution in [2.75, 3.05) is 18.4 Å². The van der Waals surface area contributed by atoms with Crippen LogP contribution in [0.3, 0.4) is 0 Å². The molecule has 0 bridgehead atoms. The highest BCUT2D eigenvalue weighted by Crippen LogP contribution is 2.18. The van der Waals surface area contributed by atoms with Gasteiger partial charge in [-0.15, -0.1) is 0 Å². The minimum absolute atomic E-state index is 0.231. The number of nitrogens with zero attached hydrogens (tertiary/aromatic N) is 2. The molecule has 6 nitrogen and oxygen atoms in total. The molecule has 2 amide bonds. The van der Waals surface area contributed by atoms with Crippen molar-refractivity contribution in [2.24, 2.45) is 5.92 Å². The molecule has 0 aromatic carbocycles. The lowest BCUT2D eigenvalue weighted by Gasteiger charge is -2.30. The molecule has 0 radical (unpaired) electrons. The second-order valence-electron chi connectivity index (χ2n) is 4.42. The van der Waals surface area contributed by atoms with Crippen LogP contribution in [0, 0.1) is 5.92 Å². The molecule has 1 unspecified atom stereocenters. The van der Waals surface area contributed by atoms with E-state index in [2.05, 4.69) is 10.3 Å². The zero-order valence-electron chi connectivity index (χ0n) is 10.2. The second kappa shape index (κ2) is 5.88. The van der Waals surface area contributed by atoms with E-state index in [4.69, 9.17) is 16.7 Å². The first-order chi connectivity index (χ1) is 9.06. The fourth-order valence-corrected chi connectivity index (χ4v) is 2.11. The molecule has 1 fully saturated rings. The predicted octanol–water partition coefficient (Wildman–Crippen LogP) is 2.06. The minimum atomic E-state index is -0.859. The van der Waals surface area contributed by atoms with Gasteiger partial charge in [0.25, 0.3) is 0 Å². The number of carbonyl (C=O) groups is 2. The summed E-state index contributed by atoms with van der Waals surface area (Å²) < 4.78 is 0. The maximum Gasteiger partial charge on any atom is 0.323 e. The van der Waals surface area contributed by atoms with Crippen molar-refractivity contribution in [3.8, 4) is 0 Å². The first kappa shape index (κ1) is 13.6. The highest BCUT2D eigenvalue weighted by atomic mass is 35.5. The molecular weight excluding hydrogens is 270 g/mol. The van der Waals surface area contributed by atoms with Gasteiger partial charge in [0.15, 0.2) is 0 Å². The highest BCUT2D eigenvalue weighted by Gasteiger charge is 2.28. The fraction of sp³-hybridized carbons (Fsp3) is 0.417. The van der Waals surface area contributed by atoms with Gasteiger partial charge < -0.3 is 10.0 Å². The molecular formula is C12H14ClN3O3. The van der Waals surface area contributed by atoms with Gasteiger partial charge in [0, 0.05) is 19.3 Å². The van der Waals surface area contributed by atoms with Crippen molar-refractivity contribution in [3.05, 3.63) is 23.4 Å². The Balaban J connectivity index is 1.96. The van der Waals surface area contributed by atoms with Gasteiger partial charge in [-0.3, -0.25) is 10.1 Å². The van der Waals surface area contributed by atoms with E-state index in [1.165, 1.54) is 11.1 Å². The van der Waals surface area contributed by atoms with Crippen LogP contribution in [0.15, 0.2) is 18.3 Å². The lowest BCUT2D eigenvalue weighted by molar-refractivity contribution is -0.143. The standard InChI is InChI=1S/C12H14ClN3O3/c13-9-3-4-10(14-6-9)15-12(19)16-5-1-2-8(7-16)11(17)18/h3-4,6,8H,1-2,5,7H2,(H,17,18)(H,14,15,19). The number of anilines is 1. The molecule has 1 saturated heterocycles. The smallest absolute Gasteiger partial charge is 0.323 e. The van der Waals surface area contributed by atoms with E-state index in [1.807, 2.05) is 0 Å². The molecule has 7 heteroatoms. The fourth-order valence-electron chi connectivity index (χ4n) is 2.00. The van der Waals surface area contributed by atoms with Crippen LogP contribution in [0.2, 0.25) is 5.02 Å². The van der Waals surface area contributed by atoms with Crippen molar-refractivity contribution in [3.63, 3.8) is 0 Å². The number of hydrogen-bond donors (Lipinski definition) is 2. The summed E-state index contributed by atoms with van der Waals surface area (Å²) in [5, 5.41) is 12.1. The van der Waals surface area contributed by atoms with Crippen LogP contribution < -0.4 is 5.32 Å². The molecule has 19 heavy (non-hydrogen) atoms. The average Bonchev–Trinajstić information content (AvgIpc) is 2.41. The van der Waals surface area contributed by atoms with E-state index in [-0.39, 0.29) is 12.6 Å². The van der Waals surface area contributed by atoms with Crippen LogP contribution in [0.5, 0.6) is 0 Å². The summed E-state index contributed by atoms with van der Waals surface area (Å²) >= 11 is 5.70. The number of aliphatic carboxylic acids is 1. The number of amides is 2. The number of carbonyl (C=O) groups excluding carboxylic acids is 1. The Morgan fingerprint density at radius 1 is 1.47 bits per heavy atom. The third-order valence-electron chi connectivity index (χ3n) is 3.02. The van der Waals surface area contributed by atoms with Crippen molar-refractivity contribution in [1.82, 2.24) is 9.88 Å². The van der Waals surface area contributed by atoms with E-state index in [0.29, 0.717) is 30.2 Å². The molecule has 0 spiro atoms. The Kier molecular flexibility index (Phi) is 4.21. The number of aromatic nitrogens is 1. The van der Waals surface area contributed by atoms with Gasteiger partial charge in [-0.1, -0.05) is 11.6 Å². The third kappa shape index (κ3) is 3.57. The van der Waals surface area contributed by atoms with E-state index in [9.17, 15) is 9.59 Å². The molecule has 1 aliphatic rings. The van der Waals surface area contributed by atoms with Gasteiger partial charge in [0.2, 0.25) is 0 Å². The molecule has 2 heterocycles. The summed E-state index contributed by atoms with van der Waals surface area (Å²) in [6, 6.07) is 2.89. The largest absolute Gasteiger partial charge is 0.481 e. The number of nitrogens with one attached hydrogen (secondary N) is 1. The zero-order valence-corrected chi connectivity index (χ0v) is 10.9. The predicted molar refractivity (Wildman–Crippen MR) is 70.2 cm³/mol. The Hall–Kier alpha value is -1.82. The van der Waals surface area contributed by atoms with Crippen molar-refractivity contribution >= 4 is 29.4 Å². The van der Waals surface area contributed by atoms with Crippen LogP contribution >= 0.6 is 11.6 Å². The topological polar surface area (TPSA) is 82.5 Å². The number of piperidine rings is 1. The Morgan fingerprint density at radius 2 is 2.26 bits per heavy atom. The van der Waals surface area contributed by atoms with Crippen LogP contribution in [0.25, 0.3) is 0 Å². The van der Waals surface area contributed by atoms with Gasteiger partial charge in [0.05, 0.1) is 10.9 Å². The summed E-state index contributed by atoms with van der Waals surface area (Å²) in [7, 11) is 0. The summed E-state index contributed by atoms with van der Waals surface area (Å²) in [4.78, 5) is 28.4. The molecule has 2 rings (SSSR count). The minimum Gasteiger partial charge on any atom is -0.481 e. The number of halogens is 1. The molecule has 1 atom stereocenters. The zero-order chi connectivity index (χ0) is 13.8. The number of rotatable bonds is 2. The number of hydrogen-bond acceptors (Lipinski definition) is 3. The van der Waals surface area contributed by atoms with Gasteiger partial charge in [-0.25, -0.2) is 9.78 Å². The monoisotopic (exact) mass is 283 g/mol. The van der Waals surface area contributed by atoms with Gasteiger partial charge >= 0.3 is 12.0 Å². The van der Waals surface area contributed by atoms with E-state index in [1.54, 1.807) is 12.1 Å². The Morgan fingerprint density at radius 3 is 2.89 bits per heavy atom. The molecule has 0 aliphatic carbocycles. The van der Waals surface area contributed by atoms with Gasteiger partial charge in [0.1, 0.15) is 5.82 Å². The molecule has 2 N–H and O–H groups in total. The summed E-state index contributed by atoms with van der Waals surface area (Å²) in [5.74, 6) is -0.952. The van der Waals surface area contributed by atoms with Crippen LogP contribution in [0.4, 0.5) is 10.6 Å².